The second-order valence-electron chi connectivity index (χ2n) is 10.3. The van der Waals surface area contributed by atoms with Gasteiger partial charge in [-0.25, -0.2) is 9.97 Å². The number of hydrogen-bond donors (Lipinski definition) is 4. The van der Waals surface area contributed by atoms with Gasteiger partial charge in [0, 0.05) is 22.2 Å². The van der Waals surface area contributed by atoms with Gasteiger partial charge in [0.25, 0.3) is 0 Å². The van der Waals surface area contributed by atoms with Gasteiger partial charge in [0.15, 0.2) is 0 Å². The fraction of sp³-hybridized carbons (Fsp3) is 0.290. The monoisotopic (exact) mass is 676 g/mol. The van der Waals surface area contributed by atoms with Gasteiger partial charge in [-0.15, -0.1) is 0 Å². The molecule has 0 bridgehead atoms. The molecule has 0 radical (unpaired) electrons. The molecule has 10 nitrogen and oxygen atoms in total. The second kappa shape index (κ2) is 17.3. The first-order chi connectivity index (χ1) is 20.3. The number of anilines is 4. The average molecular weight is 677 g/mol. The summed E-state index contributed by atoms with van der Waals surface area (Å²) in [6.45, 7) is 19.6. The third kappa shape index (κ3) is 10.0. The zero-order valence-electron chi connectivity index (χ0n) is 25.7. The smallest absolute Gasteiger partial charge is 0.512 e. The Balaban J connectivity index is 0.000000408. The number of nitrogens with zero attached hydrogens (tertiary/aromatic N) is 6. The molecular formula is C31H37CuN10S2. The summed E-state index contributed by atoms with van der Waals surface area (Å²) in [7, 11) is 0. The van der Waals surface area contributed by atoms with Crippen LogP contribution in [0, 0.1) is 43.9 Å². The van der Waals surface area contributed by atoms with E-state index >= 15 is 0 Å². The summed E-state index contributed by atoms with van der Waals surface area (Å²) in [4.78, 5) is 19.7. The number of nitrogen functional groups attached to an aromatic ring is 4. The van der Waals surface area contributed by atoms with Crippen molar-refractivity contribution in [3.05, 3.63) is 76.6 Å². The molecule has 44 heavy (non-hydrogen) atoms. The molecule has 0 atom stereocenters. The van der Waals surface area contributed by atoms with E-state index < -0.39 is 0 Å². The largest absolute Gasteiger partial charge is 1.00 e. The normalized spacial score (nSPS) is 10.1. The molecule has 0 spiro atoms. The third-order valence-electron chi connectivity index (χ3n) is 6.39. The number of hydrogen-bond acceptors (Lipinski definition) is 12. The van der Waals surface area contributed by atoms with Crippen LogP contribution in [-0.2, 0) is 17.1 Å². The van der Waals surface area contributed by atoms with Gasteiger partial charge in [-0.05, 0) is 72.6 Å². The molecule has 0 unspecified atom stereocenters. The molecule has 4 aromatic rings. The van der Waals surface area contributed by atoms with E-state index in [4.69, 9.17) is 34.8 Å². The van der Waals surface area contributed by atoms with Crippen molar-refractivity contribution in [3.8, 4) is 6.07 Å². The Morgan fingerprint density at radius 3 is 1.43 bits per heavy atom. The number of nitrogens with two attached hydrogens (primary N) is 4. The van der Waals surface area contributed by atoms with Crippen LogP contribution >= 0.6 is 23.5 Å². The summed E-state index contributed by atoms with van der Waals surface area (Å²) in [5.74, 6) is 1.93. The van der Waals surface area contributed by atoms with Gasteiger partial charge in [-0.2, -0.15) is 15.2 Å². The van der Waals surface area contributed by atoms with E-state index in [1.807, 2.05) is 13.0 Å². The molecule has 0 amide bonds. The minimum atomic E-state index is 0. The Kier molecular flexibility index (Phi) is 15.0. The van der Waals surface area contributed by atoms with Crippen LogP contribution in [0.15, 0.2) is 56.2 Å². The van der Waals surface area contributed by atoms with E-state index in [1.54, 1.807) is 24.2 Å². The summed E-state index contributed by atoms with van der Waals surface area (Å²) in [6.07, 6.45) is 3.29. The molecule has 13 heteroatoms. The average Bonchev–Trinajstić information content (AvgIpc) is 2.95. The van der Waals surface area contributed by atoms with E-state index in [0.717, 1.165) is 20.2 Å². The predicted octanol–water partition coefficient (Wildman–Crippen LogP) is 6.72. The maximum Gasteiger partial charge on any atom is 1.00 e. The van der Waals surface area contributed by atoms with Gasteiger partial charge in [0.1, 0.15) is 11.6 Å². The topological polar surface area (TPSA) is 203 Å². The fourth-order valence-electron chi connectivity index (χ4n) is 3.91. The Morgan fingerprint density at radius 2 is 1.05 bits per heavy atom. The predicted molar refractivity (Wildman–Crippen MR) is 175 cm³/mol. The van der Waals surface area contributed by atoms with Crippen molar-refractivity contribution in [1.29, 1.82) is 10.5 Å². The van der Waals surface area contributed by atoms with Crippen LogP contribution in [0.5, 0.6) is 0 Å². The molecule has 2 heterocycles. The molecule has 234 valence electrons. The third-order valence-corrected chi connectivity index (χ3v) is 8.61. The van der Waals surface area contributed by atoms with Gasteiger partial charge in [0.05, 0.1) is 21.4 Å². The molecule has 0 saturated heterocycles. The van der Waals surface area contributed by atoms with E-state index in [-0.39, 0.29) is 29.0 Å². The molecule has 8 N–H and O–H groups in total. The number of nitriles is 1. The van der Waals surface area contributed by atoms with Gasteiger partial charge in [0.2, 0.25) is 11.9 Å². The van der Waals surface area contributed by atoms with Crippen LogP contribution in [0.1, 0.15) is 72.9 Å². The Labute approximate surface area is 278 Å². The van der Waals surface area contributed by atoms with Crippen molar-refractivity contribution in [2.75, 3.05) is 22.9 Å². The van der Waals surface area contributed by atoms with E-state index in [0.29, 0.717) is 29.0 Å². The summed E-state index contributed by atoms with van der Waals surface area (Å²) in [5, 5.41) is 15.5. The van der Waals surface area contributed by atoms with E-state index in [2.05, 4.69) is 85.7 Å². The van der Waals surface area contributed by atoms with Gasteiger partial charge < -0.3 is 34.8 Å². The number of rotatable bonds is 6. The van der Waals surface area contributed by atoms with Gasteiger partial charge in [-0.3, -0.25) is 0 Å². The summed E-state index contributed by atoms with van der Waals surface area (Å²) >= 11 is 3.05. The second-order valence-corrected chi connectivity index (χ2v) is 12.4. The summed E-state index contributed by atoms with van der Waals surface area (Å²) in [6, 6.07) is 10.6. The molecule has 0 saturated carbocycles. The van der Waals surface area contributed by atoms with Crippen LogP contribution in [0.4, 0.5) is 23.5 Å². The summed E-state index contributed by atoms with van der Waals surface area (Å²) < 4.78 is 0. The molecule has 2 aromatic heterocycles. The van der Waals surface area contributed by atoms with Crippen LogP contribution in [0.3, 0.4) is 0 Å². The minimum Gasteiger partial charge on any atom is -0.512 e. The van der Waals surface area contributed by atoms with Crippen molar-refractivity contribution in [2.24, 2.45) is 0 Å². The first-order valence-corrected chi connectivity index (χ1v) is 14.9. The standard InChI is InChI=1S/C15H17N5S.C15H20N4S.CN.Cu/c1-8(2)11-4-9(3)10(6-16)5-12(11)21-13-7-19-15(18)20-14(13)17;1-8(2)11-5-9(3)10(4)6-12(11)20-13-7-18-15(17)19-14(13)16;1-2;/h4-5,7-8H,1-3H3,(H4,17,18,19,20);5-8H,1-4H3,(H4,16,17,18,19);;/q;;-1;+1. The molecule has 0 fully saturated rings. The number of aromatic nitrogens is 4. The van der Waals surface area contributed by atoms with Crippen LogP contribution in [0.2, 0.25) is 0 Å². The van der Waals surface area contributed by atoms with Crippen LogP contribution in [0.25, 0.3) is 0 Å². The molecule has 0 aliphatic rings. The SMILES string of the molecule is Cc1cc(C(C)C)c(Sc2cnc(N)nc2N)cc1C#N.Cc1cc(Sc2cnc(N)nc2N)c(C(C)C)cc1C.[C-]#N.[Cu+]. The molecular weight excluding hydrogens is 640 g/mol. The van der Waals surface area contributed by atoms with E-state index in [9.17, 15) is 5.26 Å². The Morgan fingerprint density at radius 1 is 0.659 bits per heavy atom. The first-order valence-electron chi connectivity index (χ1n) is 13.3. The summed E-state index contributed by atoms with van der Waals surface area (Å²) in [5.41, 5.74) is 29.5. The maximum atomic E-state index is 9.20. The maximum absolute atomic E-state index is 9.20. The Hall–Kier alpha value is -4.00. The van der Waals surface area contributed by atoms with Crippen molar-refractivity contribution < 1.29 is 17.1 Å². The van der Waals surface area contributed by atoms with Crippen molar-refractivity contribution in [2.45, 2.75) is 79.9 Å². The zero-order valence-corrected chi connectivity index (χ0v) is 28.3. The van der Waals surface area contributed by atoms with Crippen molar-refractivity contribution in [1.82, 2.24) is 19.9 Å². The van der Waals surface area contributed by atoms with Crippen molar-refractivity contribution in [3.63, 3.8) is 0 Å². The van der Waals surface area contributed by atoms with Gasteiger partial charge >= 0.3 is 17.1 Å². The van der Waals surface area contributed by atoms with Crippen LogP contribution < -0.4 is 22.9 Å². The fourth-order valence-corrected chi connectivity index (χ4v) is 6.14. The molecule has 2 aromatic carbocycles. The molecule has 0 aliphatic heterocycles. The number of benzene rings is 2. The minimum absolute atomic E-state index is 0. The first kappa shape index (κ1) is 38.0. The number of aryl methyl sites for hydroxylation is 3. The van der Waals surface area contributed by atoms with Crippen molar-refractivity contribution >= 4 is 47.1 Å². The van der Waals surface area contributed by atoms with Gasteiger partial charge in [-0.1, -0.05) is 63.4 Å². The zero-order chi connectivity index (χ0) is 32.4. The Bertz CT molecular complexity index is 1650. The molecule has 4 rings (SSSR count). The molecule has 0 aliphatic carbocycles. The van der Waals surface area contributed by atoms with E-state index in [1.165, 1.54) is 38.9 Å². The quantitative estimate of drug-likeness (QED) is 0.124. The van der Waals surface area contributed by atoms with Crippen LogP contribution in [-0.4, -0.2) is 19.9 Å².